The van der Waals surface area contributed by atoms with E-state index >= 15 is 0 Å². The SMILES string of the molecule is c1ccc(-c2ccc(N(c3ccccc3)c3cccc4c3cc(-c3ccc5c(c3)c3ccccc3n5-c3ccccc3)c3oc5ccccc5c34)cc2)cc1. The number of hydrogen-bond acceptors (Lipinski definition) is 2. The fraction of sp³-hybridized carbons (Fsp3) is 0. The van der Waals surface area contributed by atoms with Crippen LogP contribution in [0, 0.1) is 0 Å². The van der Waals surface area contributed by atoms with Crippen molar-refractivity contribution in [1.82, 2.24) is 4.57 Å². The fourth-order valence-corrected chi connectivity index (χ4v) is 8.48. The van der Waals surface area contributed by atoms with Gasteiger partial charge in [0.15, 0.2) is 0 Å². The first-order valence-corrected chi connectivity index (χ1v) is 18.8. The molecule has 2 heterocycles. The third-order valence-electron chi connectivity index (χ3n) is 11.0. The Balaban J connectivity index is 1.18. The van der Waals surface area contributed by atoms with Gasteiger partial charge in [0.25, 0.3) is 0 Å². The fourth-order valence-electron chi connectivity index (χ4n) is 8.48. The maximum atomic E-state index is 6.83. The summed E-state index contributed by atoms with van der Waals surface area (Å²) in [4.78, 5) is 2.38. The molecule has 11 aromatic rings. The molecule has 0 saturated carbocycles. The van der Waals surface area contributed by atoms with Crippen LogP contribution in [0.2, 0.25) is 0 Å². The van der Waals surface area contributed by atoms with Gasteiger partial charge in [-0.1, -0.05) is 133 Å². The summed E-state index contributed by atoms with van der Waals surface area (Å²) in [5.41, 5.74) is 13.1. The summed E-state index contributed by atoms with van der Waals surface area (Å²) in [6.45, 7) is 0. The summed E-state index contributed by atoms with van der Waals surface area (Å²) in [5.74, 6) is 0. The molecule has 0 aliphatic carbocycles. The van der Waals surface area contributed by atoms with Crippen LogP contribution in [0.3, 0.4) is 0 Å². The monoisotopic (exact) mass is 702 g/mol. The van der Waals surface area contributed by atoms with E-state index in [-0.39, 0.29) is 0 Å². The molecule has 9 aromatic carbocycles. The maximum Gasteiger partial charge on any atom is 0.143 e. The Kier molecular flexibility index (Phi) is 7.17. The number of nitrogens with zero attached hydrogens (tertiary/aromatic N) is 2. The van der Waals surface area contributed by atoms with Gasteiger partial charge in [0.1, 0.15) is 11.2 Å². The highest BCUT2D eigenvalue weighted by molar-refractivity contribution is 6.25. The van der Waals surface area contributed by atoms with Gasteiger partial charge in [0, 0.05) is 49.6 Å². The minimum atomic E-state index is 0.884. The summed E-state index contributed by atoms with van der Waals surface area (Å²) in [6.07, 6.45) is 0. The number of furan rings is 1. The molecular formula is C52H34N2O. The summed E-state index contributed by atoms with van der Waals surface area (Å²) >= 11 is 0. The molecule has 55 heavy (non-hydrogen) atoms. The van der Waals surface area contributed by atoms with E-state index in [1.807, 2.05) is 0 Å². The predicted octanol–water partition coefficient (Wildman–Crippen LogP) is 14.6. The third kappa shape index (κ3) is 5.05. The molecule has 11 rings (SSSR count). The predicted molar refractivity (Wildman–Crippen MR) is 231 cm³/mol. The van der Waals surface area contributed by atoms with E-state index in [1.165, 1.54) is 32.9 Å². The van der Waals surface area contributed by atoms with Crippen LogP contribution in [-0.2, 0) is 0 Å². The Hall–Kier alpha value is -7.36. The van der Waals surface area contributed by atoms with Crippen molar-refractivity contribution >= 4 is 71.6 Å². The summed E-state index contributed by atoms with van der Waals surface area (Å²) in [7, 11) is 0. The van der Waals surface area contributed by atoms with Crippen LogP contribution in [0.4, 0.5) is 17.1 Å². The van der Waals surface area contributed by atoms with Gasteiger partial charge in [-0.3, -0.25) is 0 Å². The minimum Gasteiger partial charge on any atom is -0.455 e. The van der Waals surface area contributed by atoms with Crippen LogP contribution >= 0.6 is 0 Å². The Morgan fingerprint density at radius 3 is 1.78 bits per heavy atom. The van der Waals surface area contributed by atoms with Gasteiger partial charge in [0.2, 0.25) is 0 Å². The third-order valence-corrected chi connectivity index (χ3v) is 11.0. The Labute approximate surface area is 318 Å². The molecule has 0 amide bonds. The van der Waals surface area contributed by atoms with E-state index in [2.05, 4.69) is 216 Å². The van der Waals surface area contributed by atoms with E-state index in [1.54, 1.807) is 0 Å². The van der Waals surface area contributed by atoms with Crippen molar-refractivity contribution in [1.29, 1.82) is 0 Å². The first-order valence-electron chi connectivity index (χ1n) is 18.8. The Morgan fingerprint density at radius 2 is 0.982 bits per heavy atom. The largest absolute Gasteiger partial charge is 0.455 e. The zero-order valence-electron chi connectivity index (χ0n) is 29.9. The van der Waals surface area contributed by atoms with Crippen LogP contribution < -0.4 is 4.90 Å². The number of fused-ring (bicyclic) bond motifs is 8. The molecule has 3 nitrogen and oxygen atoms in total. The molecule has 0 aliphatic heterocycles. The summed E-state index contributed by atoms with van der Waals surface area (Å²) < 4.78 is 9.19. The Bertz CT molecular complexity index is 3180. The molecule has 258 valence electrons. The molecule has 2 aromatic heterocycles. The highest BCUT2D eigenvalue weighted by atomic mass is 16.3. The van der Waals surface area contributed by atoms with Crippen molar-refractivity contribution in [3.05, 3.63) is 206 Å². The average molecular weight is 703 g/mol. The number of rotatable bonds is 6. The van der Waals surface area contributed by atoms with E-state index in [0.717, 1.165) is 66.6 Å². The summed E-state index contributed by atoms with van der Waals surface area (Å²) in [6, 6.07) is 73.8. The van der Waals surface area contributed by atoms with Gasteiger partial charge >= 0.3 is 0 Å². The van der Waals surface area contributed by atoms with Gasteiger partial charge in [-0.25, -0.2) is 0 Å². The lowest BCUT2D eigenvalue weighted by molar-refractivity contribution is 0.670. The Morgan fingerprint density at radius 1 is 0.382 bits per heavy atom. The number of hydrogen-bond donors (Lipinski definition) is 0. The van der Waals surface area contributed by atoms with Crippen LogP contribution in [0.25, 0.3) is 82.5 Å². The number of anilines is 3. The second-order valence-corrected chi connectivity index (χ2v) is 14.1. The lowest BCUT2D eigenvalue weighted by Crippen LogP contribution is -2.10. The molecule has 0 spiro atoms. The molecule has 0 bridgehead atoms. The first-order chi connectivity index (χ1) is 27.3. The lowest BCUT2D eigenvalue weighted by Gasteiger charge is -2.27. The van der Waals surface area contributed by atoms with E-state index in [9.17, 15) is 0 Å². The normalized spacial score (nSPS) is 11.6. The lowest BCUT2D eigenvalue weighted by atomic mass is 9.94. The van der Waals surface area contributed by atoms with Gasteiger partial charge < -0.3 is 13.9 Å². The smallest absolute Gasteiger partial charge is 0.143 e. The highest BCUT2D eigenvalue weighted by Gasteiger charge is 2.22. The van der Waals surface area contributed by atoms with Crippen LogP contribution in [0.1, 0.15) is 0 Å². The minimum absolute atomic E-state index is 0.884. The molecule has 0 radical (unpaired) electrons. The second kappa shape index (κ2) is 12.6. The number of aromatic nitrogens is 1. The molecular weight excluding hydrogens is 669 g/mol. The van der Waals surface area contributed by atoms with Gasteiger partial charge in [-0.15, -0.1) is 0 Å². The van der Waals surface area contributed by atoms with Gasteiger partial charge in [-0.2, -0.15) is 0 Å². The topological polar surface area (TPSA) is 21.3 Å². The van der Waals surface area contributed by atoms with E-state index < -0.39 is 0 Å². The second-order valence-electron chi connectivity index (χ2n) is 14.1. The standard InChI is InChI=1S/C52H34N2O/c1-4-15-35(16-5-1)36-27-30-40(31-28-36)53(38-17-6-2-7-18-38)48-25-14-23-42-46(48)34-44(52-51(42)43-22-11-13-26-50(43)55-52)37-29-32-49-45(33-37)41-21-10-12-24-47(41)54(49)39-19-8-3-9-20-39/h1-34H. The summed E-state index contributed by atoms with van der Waals surface area (Å²) in [5, 5.41) is 6.98. The molecule has 0 N–H and O–H groups in total. The van der Waals surface area contributed by atoms with E-state index in [4.69, 9.17) is 4.42 Å². The van der Waals surface area contributed by atoms with Crippen LogP contribution in [-0.4, -0.2) is 4.57 Å². The number of para-hydroxylation sites is 4. The first kappa shape index (κ1) is 31.2. The maximum absolute atomic E-state index is 6.83. The molecule has 0 unspecified atom stereocenters. The van der Waals surface area contributed by atoms with Crippen molar-refractivity contribution in [3.8, 4) is 27.9 Å². The zero-order valence-corrected chi connectivity index (χ0v) is 29.9. The number of benzene rings is 9. The molecule has 0 saturated heterocycles. The van der Waals surface area contributed by atoms with Gasteiger partial charge in [0.05, 0.1) is 16.7 Å². The zero-order chi connectivity index (χ0) is 36.3. The van der Waals surface area contributed by atoms with Crippen LogP contribution in [0.5, 0.6) is 0 Å². The molecule has 3 heteroatoms. The van der Waals surface area contributed by atoms with Crippen molar-refractivity contribution in [2.45, 2.75) is 0 Å². The van der Waals surface area contributed by atoms with Crippen molar-refractivity contribution in [2.24, 2.45) is 0 Å². The quantitative estimate of drug-likeness (QED) is 0.172. The highest BCUT2D eigenvalue weighted by Crippen LogP contribution is 2.47. The van der Waals surface area contributed by atoms with Crippen molar-refractivity contribution in [3.63, 3.8) is 0 Å². The average Bonchev–Trinajstić information content (AvgIpc) is 3.81. The molecule has 0 aliphatic rings. The van der Waals surface area contributed by atoms with E-state index in [0.29, 0.717) is 0 Å². The van der Waals surface area contributed by atoms with Crippen molar-refractivity contribution < 1.29 is 4.42 Å². The molecule has 0 fully saturated rings. The molecule has 0 atom stereocenters. The van der Waals surface area contributed by atoms with Crippen molar-refractivity contribution in [2.75, 3.05) is 4.90 Å². The van der Waals surface area contributed by atoms with Gasteiger partial charge in [-0.05, 0) is 94.9 Å². The van der Waals surface area contributed by atoms with Crippen LogP contribution in [0.15, 0.2) is 211 Å².